The Bertz CT molecular complexity index is 504. The van der Waals surface area contributed by atoms with E-state index in [0.29, 0.717) is 17.4 Å². The number of hydrogen-bond acceptors (Lipinski definition) is 6. The standard InChI is InChI=1S/C7H7F3N6S/c1-16-3-12-14-4(16)2-11-6-13-5(15-17-6)7(8,9)10/h3H,2H2,1H3,(H,11,13,15). The van der Waals surface area contributed by atoms with Gasteiger partial charge >= 0.3 is 6.18 Å². The van der Waals surface area contributed by atoms with Gasteiger partial charge in [-0.2, -0.15) is 22.5 Å². The number of aryl methyl sites for hydroxylation is 1. The Morgan fingerprint density at radius 2 is 2.24 bits per heavy atom. The molecule has 2 aromatic rings. The molecule has 6 nitrogen and oxygen atoms in total. The van der Waals surface area contributed by atoms with E-state index in [1.807, 2.05) is 0 Å². The molecular weight excluding hydrogens is 257 g/mol. The summed E-state index contributed by atoms with van der Waals surface area (Å²) in [6.45, 7) is 0.239. The molecule has 1 N–H and O–H groups in total. The Morgan fingerprint density at radius 3 is 2.76 bits per heavy atom. The van der Waals surface area contributed by atoms with Gasteiger partial charge in [0.1, 0.15) is 6.33 Å². The van der Waals surface area contributed by atoms with Gasteiger partial charge in [0.15, 0.2) is 5.82 Å². The van der Waals surface area contributed by atoms with Crippen LogP contribution in [0.3, 0.4) is 0 Å². The van der Waals surface area contributed by atoms with E-state index in [-0.39, 0.29) is 11.7 Å². The SMILES string of the molecule is Cn1cnnc1CNc1nc(C(F)(F)F)ns1. The fourth-order valence-corrected chi connectivity index (χ4v) is 1.61. The molecule has 0 bridgehead atoms. The number of hydrogen-bond donors (Lipinski definition) is 1. The van der Waals surface area contributed by atoms with Gasteiger partial charge in [0, 0.05) is 18.6 Å². The Balaban J connectivity index is 2.01. The number of aromatic nitrogens is 5. The maximum absolute atomic E-state index is 12.2. The van der Waals surface area contributed by atoms with Crippen molar-refractivity contribution in [3.8, 4) is 0 Å². The van der Waals surface area contributed by atoms with Crippen LogP contribution in [-0.4, -0.2) is 24.1 Å². The summed E-state index contributed by atoms with van der Waals surface area (Å²) < 4.78 is 41.5. The highest BCUT2D eigenvalue weighted by molar-refractivity contribution is 7.09. The van der Waals surface area contributed by atoms with Crippen molar-refractivity contribution < 1.29 is 13.2 Å². The van der Waals surface area contributed by atoms with E-state index >= 15 is 0 Å². The minimum absolute atomic E-state index is 0.0975. The molecule has 2 aromatic heterocycles. The zero-order valence-corrected chi connectivity index (χ0v) is 9.38. The van der Waals surface area contributed by atoms with Gasteiger partial charge in [-0.25, -0.2) is 0 Å². The van der Waals surface area contributed by atoms with Crippen LogP contribution in [-0.2, 0) is 19.8 Å². The van der Waals surface area contributed by atoms with Crippen LogP contribution < -0.4 is 5.32 Å². The molecule has 2 heterocycles. The van der Waals surface area contributed by atoms with Gasteiger partial charge in [-0.1, -0.05) is 0 Å². The van der Waals surface area contributed by atoms with Gasteiger partial charge in [0.05, 0.1) is 6.54 Å². The molecule has 0 fully saturated rings. The second kappa shape index (κ2) is 4.28. The third kappa shape index (κ3) is 2.70. The molecule has 10 heteroatoms. The van der Waals surface area contributed by atoms with Crippen molar-refractivity contribution in [2.24, 2.45) is 7.05 Å². The zero-order valence-electron chi connectivity index (χ0n) is 8.56. The predicted octanol–water partition coefficient (Wildman–Crippen LogP) is 1.30. The van der Waals surface area contributed by atoms with Crippen molar-refractivity contribution >= 4 is 16.7 Å². The van der Waals surface area contributed by atoms with Crippen molar-refractivity contribution in [1.82, 2.24) is 24.1 Å². The maximum Gasteiger partial charge on any atom is 0.452 e. The van der Waals surface area contributed by atoms with Crippen molar-refractivity contribution in [2.75, 3.05) is 5.32 Å². The van der Waals surface area contributed by atoms with Crippen LogP contribution in [0.2, 0.25) is 0 Å². The average Bonchev–Trinajstić information content (AvgIpc) is 2.82. The third-order valence-electron chi connectivity index (χ3n) is 1.88. The van der Waals surface area contributed by atoms with Crippen LogP contribution in [0.4, 0.5) is 18.3 Å². The van der Waals surface area contributed by atoms with Crippen LogP contribution in [0.15, 0.2) is 6.33 Å². The second-order valence-corrected chi connectivity index (χ2v) is 3.88. The van der Waals surface area contributed by atoms with Crippen LogP contribution in [0.1, 0.15) is 11.6 Å². The first-order chi connectivity index (χ1) is 7.97. The largest absolute Gasteiger partial charge is 0.452 e. The predicted molar refractivity (Wildman–Crippen MR) is 53.2 cm³/mol. The normalized spacial score (nSPS) is 11.8. The van der Waals surface area contributed by atoms with E-state index in [1.54, 1.807) is 11.6 Å². The molecule has 0 aliphatic heterocycles. The molecule has 0 amide bonds. The lowest BCUT2D eigenvalue weighted by Crippen LogP contribution is -2.08. The van der Waals surface area contributed by atoms with Gasteiger partial charge in [0.25, 0.3) is 0 Å². The zero-order chi connectivity index (χ0) is 12.5. The summed E-state index contributed by atoms with van der Waals surface area (Å²) in [6, 6.07) is 0. The van der Waals surface area contributed by atoms with Crippen molar-refractivity contribution in [1.29, 1.82) is 0 Å². The van der Waals surface area contributed by atoms with E-state index in [4.69, 9.17) is 0 Å². The number of nitrogens with zero attached hydrogens (tertiary/aromatic N) is 5. The first kappa shape index (κ1) is 11.8. The smallest absolute Gasteiger partial charge is 0.353 e. The van der Waals surface area contributed by atoms with Gasteiger partial charge in [0.2, 0.25) is 11.0 Å². The summed E-state index contributed by atoms with van der Waals surface area (Å²) in [4.78, 5) is 3.32. The minimum Gasteiger partial charge on any atom is -0.353 e. The lowest BCUT2D eigenvalue weighted by atomic mass is 10.6. The van der Waals surface area contributed by atoms with Gasteiger partial charge in [-0.3, -0.25) is 0 Å². The van der Waals surface area contributed by atoms with E-state index in [2.05, 4.69) is 24.9 Å². The summed E-state index contributed by atoms with van der Waals surface area (Å²) in [5.74, 6) is -0.545. The molecule has 0 aromatic carbocycles. The molecule has 0 spiro atoms. The summed E-state index contributed by atoms with van der Waals surface area (Å²) in [5.41, 5.74) is 0. The lowest BCUT2D eigenvalue weighted by Gasteiger charge is -2.01. The lowest BCUT2D eigenvalue weighted by molar-refractivity contribution is -0.144. The summed E-state index contributed by atoms with van der Waals surface area (Å²) in [7, 11) is 1.73. The molecule has 0 saturated heterocycles. The Morgan fingerprint density at radius 1 is 1.47 bits per heavy atom. The Kier molecular flexibility index (Phi) is 2.96. The minimum atomic E-state index is -4.51. The molecule has 0 aliphatic carbocycles. The first-order valence-corrected chi connectivity index (χ1v) is 5.22. The Hall–Kier alpha value is -1.71. The number of anilines is 1. The van der Waals surface area contributed by atoms with Gasteiger partial charge in [-0.05, 0) is 0 Å². The Labute approximate surface area is 97.7 Å². The molecular formula is C7H7F3N6S. The number of alkyl halides is 3. The molecule has 0 saturated carbocycles. The van der Waals surface area contributed by atoms with E-state index in [0.717, 1.165) is 0 Å². The highest BCUT2D eigenvalue weighted by atomic mass is 32.1. The summed E-state index contributed by atoms with van der Waals surface area (Å²) in [5, 5.41) is 10.2. The third-order valence-corrected chi connectivity index (χ3v) is 2.56. The van der Waals surface area contributed by atoms with E-state index in [9.17, 15) is 13.2 Å². The highest BCUT2D eigenvalue weighted by Gasteiger charge is 2.36. The topological polar surface area (TPSA) is 68.5 Å². The summed E-state index contributed by atoms with van der Waals surface area (Å²) >= 11 is 0.654. The van der Waals surface area contributed by atoms with Crippen molar-refractivity contribution in [3.05, 3.63) is 18.0 Å². The fourth-order valence-electron chi connectivity index (χ4n) is 1.03. The molecule has 92 valence electrons. The second-order valence-electron chi connectivity index (χ2n) is 3.13. The maximum atomic E-state index is 12.2. The monoisotopic (exact) mass is 264 g/mol. The first-order valence-electron chi connectivity index (χ1n) is 4.44. The summed E-state index contributed by atoms with van der Waals surface area (Å²) in [6.07, 6.45) is -3.01. The van der Waals surface area contributed by atoms with E-state index < -0.39 is 12.0 Å². The van der Waals surface area contributed by atoms with Gasteiger partial charge in [-0.15, -0.1) is 10.2 Å². The number of nitrogens with one attached hydrogen (secondary N) is 1. The quantitative estimate of drug-likeness (QED) is 0.904. The molecule has 0 radical (unpaired) electrons. The molecule has 0 unspecified atom stereocenters. The molecule has 0 atom stereocenters. The molecule has 0 aliphatic rings. The van der Waals surface area contributed by atoms with Crippen LogP contribution in [0.5, 0.6) is 0 Å². The van der Waals surface area contributed by atoms with Gasteiger partial charge < -0.3 is 9.88 Å². The van der Waals surface area contributed by atoms with Crippen LogP contribution in [0.25, 0.3) is 0 Å². The number of halogens is 3. The fraction of sp³-hybridized carbons (Fsp3) is 0.429. The van der Waals surface area contributed by atoms with Crippen LogP contribution >= 0.6 is 11.5 Å². The number of rotatable bonds is 3. The van der Waals surface area contributed by atoms with Crippen LogP contribution in [0, 0.1) is 0 Å². The molecule has 2 rings (SSSR count). The molecule has 17 heavy (non-hydrogen) atoms. The highest BCUT2D eigenvalue weighted by Crippen LogP contribution is 2.28. The average molecular weight is 264 g/mol. The van der Waals surface area contributed by atoms with Crippen molar-refractivity contribution in [3.63, 3.8) is 0 Å². The van der Waals surface area contributed by atoms with Crippen molar-refractivity contribution in [2.45, 2.75) is 12.7 Å². The van der Waals surface area contributed by atoms with E-state index in [1.165, 1.54) is 6.33 Å².